The lowest BCUT2D eigenvalue weighted by Gasteiger charge is -2.22. The number of fused-ring (bicyclic) bond motifs is 23. The maximum Gasteiger partial charge on any atom is 0.195 e. The van der Waals surface area contributed by atoms with Gasteiger partial charge >= 0.3 is 0 Å². The Labute approximate surface area is 580 Å². The average Bonchev–Trinajstić information content (AvgIpc) is 1.55. The molecule has 19 aromatic rings. The summed E-state index contributed by atoms with van der Waals surface area (Å²) in [5.41, 5.74) is 30.2. The van der Waals surface area contributed by atoms with Gasteiger partial charge in [-0.3, -0.25) is 13.7 Å². The van der Waals surface area contributed by atoms with Gasteiger partial charge in [-0.15, -0.1) is 0 Å². The number of imidazole rings is 1. The maximum absolute atomic E-state index is 5.05. The summed E-state index contributed by atoms with van der Waals surface area (Å²) in [6.45, 7) is 14.1. The van der Waals surface area contributed by atoms with Crippen LogP contribution in [-0.4, -0.2) is 33.2 Å². The first kappa shape index (κ1) is 57.7. The summed E-state index contributed by atoms with van der Waals surface area (Å²) in [5, 5.41) is 9.83. The number of thiazole rings is 2. The Hall–Kier alpha value is -11.5. The van der Waals surface area contributed by atoms with Crippen molar-refractivity contribution in [2.45, 2.75) is 57.8 Å². The molecule has 0 fully saturated rings. The van der Waals surface area contributed by atoms with Gasteiger partial charge in [0.2, 0.25) is 0 Å². The van der Waals surface area contributed by atoms with Crippen molar-refractivity contribution in [3.63, 3.8) is 0 Å². The third-order valence-electron chi connectivity index (χ3n) is 21.9. The first-order valence-electron chi connectivity index (χ1n) is 34.2. The molecule has 0 unspecified atom stereocenters. The van der Waals surface area contributed by atoms with Crippen LogP contribution in [0.3, 0.4) is 0 Å². The van der Waals surface area contributed by atoms with Gasteiger partial charge in [-0.1, -0.05) is 258 Å². The second kappa shape index (κ2) is 21.3. The van der Waals surface area contributed by atoms with E-state index in [-0.39, 0.29) is 16.2 Å². The summed E-state index contributed by atoms with van der Waals surface area (Å²) < 4.78 is 11.8. The molecule has 0 amide bonds. The largest absolute Gasteiger partial charge is 0.307 e. The number of hydrogen-bond donors (Lipinski definition) is 0. The van der Waals surface area contributed by atoms with Crippen LogP contribution in [0.25, 0.3) is 152 Å². The van der Waals surface area contributed by atoms with Gasteiger partial charge in [0.05, 0.1) is 64.7 Å². The molecule has 0 saturated carbocycles. The predicted octanol–water partition coefficient (Wildman–Crippen LogP) is 23.8. The highest BCUT2D eigenvalue weighted by Gasteiger charge is 2.41. The Kier molecular flexibility index (Phi) is 12.4. The SMILES string of the molecule is CC1(C)c2ccccc2-c2c1ccc1c3ccccc3n(-c3nc4ccccc4s3)c21.CC1(C)c2ccccc2-c2cc3c4ccccc4n(-c4cccc5c4ncn5-c4ccccc4)c3cc21.CC1(C)c2ccccc2-c2ccc3c(c21)c1ccccc1n3-c1nc2ccccc2s1. The van der Waals surface area contributed by atoms with E-state index in [0.717, 1.165) is 43.7 Å². The lowest BCUT2D eigenvalue weighted by Crippen LogP contribution is -2.15. The Morgan fingerprint density at radius 2 is 0.848 bits per heavy atom. The Bertz CT molecular complexity index is 6530. The van der Waals surface area contributed by atoms with E-state index >= 15 is 0 Å². The topological polar surface area (TPSA) is 58.4 Å². The van der Waals surface area contributed by atoms with E-state index in [1.54, 1.807) is 22.7 Å². The first-order chi connectivity index (χ1) is 48.4. The fraction of sp³-hybridized carbons (Fsp3) is 0.100. The number of para-hydroxylation sites is 7. The van der Waals surface area contributed by atoms with E-state index in [9.17, 15) is 0 Å². The highest BCUT2D eigenvalue weighted by molar-refractivity contribution is 7.21. The van der Waals surface area contributed by atoms with Crippen molar-refractivity contribution in [3.05, 3.63) is 319 Å². The molecule has 0 N–H and O–H groups in total. The Morgan fingerprint density at radius 1 is 0.323 bits per heavy atom. The minimum atomic E-state index is -0.0533. The minimum Gasteiger partial charge on any atom is -0.307 e. The lowest BCUT2D eigenvalue weighted by molar-refractivity contribution is 0.660. The Morgan fingerprint density at radius 3 is 1.54 bits per heavy atom. The van der Waals surface area contributed by atoms with Crippen molar-refractivity contribution in [2.75, 3.05) is 0 Å². The van der Waals surface area contributed by atoms with Crippen molar-refractivity contribution >= 4 is 120 Å². The Balaban J connectivity index is 0.000000101. The number of rotatable bonds is 4. The van der Waals surface area contributed by atoms with Crippen LogP contribution in [0.15, 0.2) is 285 Å². The molecule has 472 valence electrons. The van der Waals surface area contributed by atoms with Crippen molar-refractivity contribution in [1.82, 2.24) is 33.2 Å². The van der Waals surface area contributed by atoms with Crippen molar-refractivity contribution in [1.29, 1.82) is 0 Å². The standard InChI is InChI=1S/C34H25N3.2C28H20N2S/c1-34(2)27-15-8-6-13-23(27)25-19-26-24-14-7-9-16-29(24)37(32(26)20-28(25)34)31-18-10-17-30-33(31)35-21-36(30)22-11-4-3-5-12-22;1-28(2)20-11-5-3-10-19(20)25-21(28)16-15-18-17-9-4-7-13-23(17)30(26(18)25)27-29-22-12-6-8-14-24(22)31-27;1-28(2)20-11-5-3-9-17(20)18-15-16-23-25(26(18)28)19-10-4-7-13-22(19)30(23)27-29-21-12-6-8-14-24(21)31-27/h3-21H,1-2H3;2*3-16H,1-2H3. The summed E-state index contributed by atoms with van der Waals surface area (Å²) in [5.74, 6) is 0. The molecule has 0 atom stereocenters. The van der Waals surface area contributed by atoms with Crippen LogP contribution in [0.5, 0.6) is 0 Å². The molecule has 0 spiro atoms. The third kappa shape index (κ3) is 8.26. The molecule has 3 aliphatic rings. The van der Waals surface area contributed by atoms with Crippen LogP contribution >= 0.6 is 22.7 Å². The second-order valence-electron chi connectivity index (χ2n) is 28.3. The number of nitrogens with zero attached hydrogens (tertiary/aromatic N) is 7. The van der Waals surface area contributed by atoms with Gasteiger partial charge in [0.1, 0.15) is 11.8 Å². The van der Waals surface area contributed by atoms with Crippen molar-refractivity contribution in [3.8, 4) is 55.0 Å². The van der Waals surface area contributed by atoms with Gasteiger partial charge in [0.25, 0.3) is 0 Å². The molecular formula is C90H65N7S2. The molecule has 13 aromatic carbocycles. The van der Waals surface area contributed by atoms with Gasteiger partial charge in [-0.05, 0) is 146 Å². The summed E-state index contributed by atoms with van der Waals surface area (Å²) in [6, 6.07) is 101. The molecule has 0 aliphatic heterocycles. The third-order valence-corrected chi connectivity index (χ3v) is 23.9. The zero-order valence-corrected chi connectivity index (χ0v) is 57.2. The van der Waals surface area contributed by atoms with Crippen LogP contribution in [0.4, 0.5) is 0 Å². The van der Waals surface area contributed by atoms with Gasteiger partial charge in [0.15, 0.2) is 10.3 Å². The molecule has 3 aliphatic carbocycles. The smallest absolute Gasteiger partial charge is 0.195 e. The number of hydrogen-bond acceptors (Lipinski definition) is 5. The maximum atomic E-state index is 5.05. The minimum absolute atomic E-state index is 0.0189. The van der Waals surface area contributed by atoms with Crippen molar-refractivity contribution in [2.24, 2.45) is 0 Å². The van der Waals surface area contributed by atoms with E-state index in [2.05, 4.69) is 333 Å². The zero-order valence-electron chi connectivity index (χ0n) is 55.6. The summed E-state index contributed by atoms with van der Waals surface area (Å²) in [7, 11) is 0. The highest BCUT2D eigenvalue weighted by atomic mass is 32.1. The monoisotopic (exact) mass is 1310 g/mol. The summed E-state index contributed by atoms with van der Waals surface area (Å²) in [4.78, 5) is 15.0. The molecule has 0 bridgehead atoms. The van der Waals surface area contributed by atoms with Crippen LogP contribution in [-0.2, 0) is 16.2 Å². The van der Waals surface area contributed by atoms with Crippen LogP contribution < -0.4 is 0 Å². The predicted molar refractivity (Wildman–Crippen MR) is 416 cm³/mol. The summed E-state index contributed by atoms with van der Waals surface area (Å²) in [6.07, 6.45) is 1.94. The molecule has 7 nitrogen and oxygen atoms in total. The molecule has 22 rings (SSSR count). The van der Waals surface area contributed by atoms with Crippen molar-refractivity contribution < 1.29 is 0 Å². The fourth-order valence-corrected chi connectivity index (χ4v) is 19.3. The molecule has 6 heterocycles. The van der Waals surface area contributed by atoms with E-state index in [4.69, 9.17) is 15.0 Å². The number of benzene rings is 13. The quantitative estimate of drug-likeness (QED) is 0.176. The molecule has 99 heavy (non-hydrogen) atoms. The first-order valence-corrected chi connectivity index (χ1v) is 35.8. The van der Waals surface area contributed by atoms with E-state index in [1.807, 2.05) is 12.4 Å². The highest BCUT2D eigenvalue weighted by Crippen LogP contribution is 2.56. The van der Waals surface area contributed by atoms with Crippen LogP contribution in [0.1, 0.15) is 74.9 Å². The fourth-order valence-electron chi connectivity index (χ4n) is 17.3. The molecular weight excluding hydrogens is 1240 g/mol. The molecule has 9 heteroatoms. The van der Waals surface area contributed by atoms with Gasteiger partial charge < -0.3 is 4.57 Å². The average molecular weight is 1310 g/mol. The van der Waals surface area contributed by atoms with E-state index in [1.165, 1.54) is 142 Å². The second-order valence-corrected chi connectivity index (χ2v) is 30.3. The van der Waals surface area contributed by atoms with Crippen LogP contribution in [0, 0.1) is 0 Å². The van der Waals surface area contributed by atoms with Gasteiger partial charge in [0, 0.05) is 59.8 Å². The van der Waals surface area contributed by atoms with Crippen LogP contribution in [0.2, 0.25) is 0 Å². The summed E-state index contributed by atoms with van der Waals surface area (Å²) >= 11 is 3.52. The van der Waals surface area contributed by atoms with E-state index < -0.39 is 0 Å². The molecule has 0 radical (unpaired) electrons. The normalized spacial score (nSPS) is 14.2. The number of aromatic nitrogens is 7. The lowest BCUT2D eigenvalue weighted by atomic mass is 9.80. The van der Waals surface area contributed by atoms with Gasteiger partial charge in [-0.25, -0.2) is 15.0 Å². The molecule has 6 aromatic heterocycles. The van der Waals surface area contributed by atoms with Gasteiger partial charge in [-0.2, -0.15) is 0 Å². The van der Waals surface area contributed by atoms with E-state index in [0.29, 0.717) is 0 Å². The molecule has 0 saturated heterocycles. The zero-order chi connectivity index (χ0) is 66.2.